The van der Waals surface area contributed by atoms with E-state index in [2.05, 4.69) is 0 Å². The third-order valence-corrected chi connectivity index (χ3v) is 10.5. The smallest absolute Gasteiger partial charge is 0.334 e. The summed E-state index contributed by atoms with van der Waals surface area (Å²) in [5.74, 6) is 0. The van der Waals surface area contributed by atoms with Crippen molar-refractivity contribution in [1.82, 2.24) is 0 Å². The molecule has 0 amide bonds. The Labute approximate surface area is 155 Å². The fourth-order valence-corrected chi connectivity index (χ4v) is 5.15. The molecule has 0 bridgehead atoms. The summed E-state index contributed by atoms with van der Waals surface area (Å²) in [7, 11) is 2.15. The predicted molar refractivity (Wildman–Crippen MR) is 104 cm³/mol. The molecule has 0 radical (unpaired) electrons. The number of benzene rings is 1. The Morgan fingerprint density at radius 1 is 0.708 bits per heavy atom. The van der Waals surface area contributed by atoms with Crippen LogP contribution in [-0.2, 0) is 30.5 Å². The first-order chi connectivity index (χ1) is 13.1. The van der Waals surface area contributed by atoms with E-state index in [1.807, 2.05) is 13.1 Å². The fourth-order valence-electron chi connectivity index (χ4n) is 2.36. The molecule has 0 fully saturated rings. The number of hydrogen-bond acceptors (Lipinski definition) is 4. The standard InChI is InChI=1S/C18H34O4Si2/c1-19-23(5,20-2)15-7-9-17-11-13-18(14-12-17)10-8-16-24(6,21-3)22-4/h11-14H,7-10,15-16H2,1-6H3/i11D,12D,13D,14D. The summed E-state index contributed by atoms with van der Waals surface area (Å²) < 4.78 is 55.3. The second kappa shape index (κ2) is 10.5. The number of rotatable bonds is 12. The quantitative estimate of drug-likeness (QED) is 0.512. The van der Waals surface area contributed by atoms with Gasteiger partial charge in [-0.1, -0.05) is 24.2 Å². The molecule has 4 nitrogen and oxygen atoms in total. The van der Waals surface area contributed by atoms with Crippen LogP contribution in [0.3, 0.4) is 0 Å². The Morgan fingerprint density at radius 2 is 1.00 bits per heavy atom. The maximum absolute atomic E-state index is 8.35. The molecule has 24 heavy (non-hydrogen) atoms. The maximum atomic E-state index is 8.35. The van der Waals surface area contributed by atoms with Gasteiger partial charge in [0.1, 0.15) is 0 Å². The molecular formula is C18H34O4Si2. The van der Waals surface area contributed by atoms with Gasteiger partial charge < -0.3 is 17.7 Å². The van der Waals surface area contributed by atoms with E-state index in [0.717, 1.165) is 12.1 Å². The summed E-state index contributed by atoms with van der Waals surface area (Å²) >= 11 is 0. The Hall–Kier alpha value is -0.506. The van der Waals surface area contributed by atoms with E-state index in [-0.39, 0.29) is 24.2 Å². The molecule has 0 unspecified atom stereocenters. The molecule has 0 N–H and O–H groups in total. The molecule has 6 heteroatoms. The van der Waals surface area contributed by atoms with E-state index in [1.165, 1.54) is 0 Å². The van der Waals surface area contributed by atoms with Crippen molar-refractivity contribution in [3.05, 3.63) is 35.3 Å². The highest BCUT2D eigenvalue weighted by molar-refractivity contribution is 6.66. The lowest BCUT2D eigenvalue weighted by Crippen LogP contribution is -2.35. The van der Waals surface area contributed by atoms with E-state index in [9.17, 15) is 0 Å². The van der Waals surface area contributed by atoms with Crippen molar-refractivity contribution in [2.45, 2.75) is 50.9 Å². The molecule has 0 aliphatic rings. The summed E-state index contributed by atoms with van der Waals surface area (Å²) in [6, 6.07) is 1.72. The Bertz CT molecular complexity index is 569. The second-order valence-electron chi connectivity index (χ2n) is 6.25. The number of hydrogen-bond donors (Lipinski definition) is 0. The predicted octanol–water partition coefficient (Wildman–Crippen LogP) is 4.28. The maximum Gasteiger partial charge on any atom is 0.334 e. The lowest BCUT2D eigenvalue weighted by Gasteiger charge is -2.22. The first-order valence-corrected chi connectivity index (χ1v) is 13.4. The van der Waals surface area contributed by atoms with Gasteiger partial charge in [0.2, 0.25) is 0 Å². The van der Waals surface area contributed by atoms with Crippen LogP contribution in [0.5, 0.6) is 0 Å². The van der Waals surface area contributed by atoms with Gasteiger partial charge in [-0.3, -0.25) is 0 Å². The highest BCUT2D eigenvalue weighted by Crippen LogP contribution is 2.19. The largest absolute Gasteiger partial charge is 0.398 e. The lowest BCUT2D eigenvalue weighted by atomic mass is 10.1. The van der Waals surface area contributed by atoms with Crippen LogP contribution in [0.15, 0.2) is 24.2 Å². The first-order valence-electron chi connectivity index (χ1n) is 10.4. The molecule has 0 spiro atoms. The Kier molecular flexibility index (Phi) is 6.86. The minimum Gasteiger partial charge on any atom is -0.398 e. The summed E-state index contributed by atoms with van der Waals surface area (Å²) in [5.41, 5.74) is 0.936. The van der Waals surface area contributed by atoms with Gasteiger partial charge in [-0.25, -0.2) is 0 Å². The summed E-state index contributed by atoms with van der Waals surface area (Å²) in [6.45, 7) is 3.95. The molecule has 0 aromatic heterocycles. The van der Waals surface area contributed by atoms with Gasteiger partial charge in [-0.2, -0.15) is 0 Å². The average Bonchev–Trinajstić information content (AvgIpc) is 2.71. The topological polar surface area (TPSA) is 36.9 Å². The minimum atomic E-state index is -2.20. The molecule has 0 aliphatic heterocycles. The fraction of sp³-hybridized carbons (Fsp3) is 0.667. The van der Waals surface area contributed by atoms with E-state index < -0.39 is 17.1 Å². The molecule has 138 valence electrons. The summed E-state index contributed by atoms with van der Waals surface area (Å²) in [6.07, 6.45) is 2.35. The Balaban J connectivity index is 2.93. The van der Waals surface area contributed by atoms with Crippen LogP contribution in [0.4, 0.5) is 0 Å². The summed E-state index contributed by atoms with van der Waals surface area (Å²) in [4.78, 5) is 0. The van der Waals surface area contributed by atoms with Crippen molar-refractivity contribution in [3.8, 4) is 0 Å². The molecule has 1 aromatic carbocycles. The third kappa shape index (κ3) is 7.17. The van der Waals surface area contributed by atoms with Crippen LogP contribution in [0, 0.1) is 0 Å². The van der Waals surface area contributed by atoms with Gasteiger partial charge in [-0.15, -0.1) is 0 Å². The zero-order chi connectivity index (χ0) is 21.5. The second-order valence-corrected chi connectivity index (χ2v) is 13.4. The average molecular weight is 375 g/mol. The van der Waals surface area contributed by atoms with Gasteiger partial charge >= 0.3 is 17.1 Å². The molecule has 1 rings (SSSR count). The van der Waals surface area contributed by atoms with Gasteiger partial charge in [0.15, 0.2) is 0 Å². The van der Waals surface area contributed by atoms with Crippen molar-refractivity contribution in [3.63, 3.8) is 0 Å². The molecule has 0 saturated carbocycles. The third-order valence-electron chi connectivity index (χ3n) is 4.57. The molecule has 0 atom stereocenters. The van der Waals surface area contributed by atoms with Crippen LogP contribution in [0.25, 0.3) is 0 Å². The van der Waals surface area contributed by atoms with Crippen molar-refractivity contribution < 1.29 is 23.2 Å². The van der Waals surface area contributed by atoms with E-state index >= 15 is 0 Å². The highest BCUT2D eigenvalue weighted by Gasteiger charge is 2.28. The van der Waals surface area contributed by atoms with E-state index in [0.29, 0.717) is 36.8 Å². The van der Waals surface area contributed by atoms with Crippen LogP contribution in [0.2, 0.25) is 25.2 Å². The van der Waals surface area contributed by atoms with Crippen LogP contribution in [-0.4, -0.2) is 45.6 Å². The first kappa shape index (κ1) is 15.7. The van der Waals surface area contributed by atoms with Crippen LogP contribution in [0.1, 0.15) is 29.5 Å². The normalized spacial score (nSPS) is 14.9. The SMILES string of the molecule is [2H]c1c([2H])c(CCC[Si](C)(OC)OC)c([2H])c([2H])c1CCC[Si](C)(OC)OC. The minimum absolute atomic E-state index is 0.0627. The zero-order valence-corrected chi connectivity index (χ0v) is 17.9. The molecule has 0 heterocycles. The van der Waals surface area contributed by atoms with Gasteiger partial charge in [-0.05, 0) is 62.0 Å². The van der Waals surface area contributed by atoms with Crippen LogP contribution >= 0.6 is 0 Å². The van der Waals surface area contributed by atoms with Crippen molar-refractivity contribution in [2.75, 3.05) is 28.4 Å². The van der Waals surface area contributed by atoms with E-state index in [1.54, 1.807) is 28.4 Å². The van der Waals surface area contributed by atoms with Gasteiger partial charge in [0.05, 0.1) is 5.48 Å². The Morgan fingerprint density at radius 3 is 1.25 bits per heavy atom. The van der Waals surface area contributed by atoms with Crippen molar-refractivity contribution >= 4 is 17.1 Å². The monoisotopic (exact) mass is 374 g/mol. The molecule has 0 saturated heterocycles. The molecule has 1 aromatic rings. The molecule has 0 aliphatic carbocycles. The van der Waals surface area contributed by atoms with Crippen molar-refractivity contribution in [2.24, 2.45) is 0 Å². The zero-order valence-electron chi connectivity index (χ0n) is 19.9. The van der Waals surface area contributed by atoms with Crippen LogP contribution < -0.4 is 0 Å². The molecular weight excluding hydrogens is 336 g/mol. The summed E-state index contributed by atoms with van der Waals surface area (Å²) in [5, 5.41) is 0. The van der Waals surface area contributed by atoms with Gasteiger partial charge in [0, 0.05) is 28.4 Å². The highest BCUT2D eigenvalue weighted by atomic mass is 28.4. The van der Waals surface area contributed by atoms with E-state index in [4.69, 9.17) is 23.2 Å². The van der Waals surface area contributed by atoms with Gasteiger partial charge in [0.25, 0.3) is 0 Å². The lowest BCUT2D eigenvalue weighted by molar-refractivity contribution is 0.248. The van der Waals surface area contributed by atoms with Crippen molar-refractivity contribution in [1.29, 1.82) is 0 Å².